The molecule has 0 aliphatic heterocycles. The van der Waals surface area contributed by atoms with Crippen molar-refractivity contribution in [3.8, 4) is 17.2 Å². The number of para-hydroxylation sites is 2. The van der Waals surface area contributed by atoms with Gasteiger partial charge in [-0.2, -0.15) is 0 Å². The molecule has 0 bridgehead atoms. The maximum absolute atomic E-state index is 10.6. The van der Waals surface area contributed by atoms with Gasteiger partial charge < -0.3 is 18.6 Å². The van der Waals surface area contributed by atoms with Gasteiger partial charge in [0.25, 0.3) is 0 Å². The van der Waals surface area contributed by atoms with Crippen molar-refractivity contribution in [2.45, 2.75) is 0 Å². The molecule has 0 aliphatic carbocycles. The van der Waals surface area contributed by atoms with Crippen molar-refractivity contribution in [3.63, 3.8) is 0 Å². The normalized spacial score (nSPS) is 9.70. The van der Waals surface area contributed by atoms with E-state index in [9.17, 15) is 14.4 Å². The van der Waals surface area contributed by atoms with Crippen molar-refractivity contribution >= 4 is 29.8 Å². The van der Waals surface area contributed by atoms with Crippen LogP contribution in [0.5, 0.6) is 17.2 Å². The summed E-state index contributed by atoms with van der Waals surface area (Å²) in [4.78, 5) is 31.2. The van der Waals surface area contributed by atoms with Crippen LogP contribution in [0.2, 0.25) is 0 Å². The average Bonchev–Trinajstić information content (AvgIpc) is 3.15. The van der Waals surface area contributed by atoms with E-state index >= 15 is 0 Å². The van der Waals surface area contributed by atoms with Crippen molar-refractivity contribution in [1.29, 1.82) is 0 Å². The van der Waals surface area contributed by atoms with Crippen LogP contribution >= 0.6 is 0 Å². The molecule has 0 aliphatic rings. The number of furan rings is 1. The predicted molar refractivity (Wildman–Crippen MR) is 98.1 cm³/mol. The number of aldehydes is 3. The van der Waals surface area contributed by atoms with Crippen molar-refractivity contribution in [2.24, 2.45) is 0 Å². The Labute approximate surface area is 155 Å². The summed E-state index contributed by atoms with van der Waals surface area (Å²) in [6.07, 6.45) is 1.95. The minimum atomic E-state index is -0.0960. The summed E-state index contributed by atoms with van der Waals surface area (Å²) in [6, 6.07) is 12.1. The van der Waals surface area contributed by atoms with E-state index < -0.39 is 0 Å². The van der Waals surface area contributed by atoms with E-state index in [4.69, 9.17) is 18.6 Å². The number of carbonyl (C=O) groups is 3. The first-order chi connectivity index (χ1) is 13.2. The molecule has 0 radical (unpaired) electrons. The molecule has 7 nitrogen and oxygen atoms in total. The molecule has 0 spiro atoms. The van der Waals surface area contributed by atoms with Crippen LogP contribution in [0.4, 0.5) is 0 Å². The first-order valence-corrected chi connectivity index (χ1v) is 7.88. The molecule has 0 atom stereocenters. The third-order valence-electron chi connectivity index (χ3n) is 3.52. The SMILES string of the molecule is COc1cccc(C=O)c1OCC=O.COc1cccc2cc(C=O)oc12. The second-order valence-corrected chi connectivity index (χ2v) is 5.12. The van der Waals surface area contributed by atoms with Crippen molar-refractivity contribution < 1.29 is 33.0 Å². The summed E-state index contributed by atoms with van der Waals surface area (Å²) in [6.45, 7) is -0.0960. The van der Waals surface area contributed by atoms with Crippen LogP contribution in [0.3, 0.4) is 0 Å². The van der Waals surface area contributed by atoms with E-state index in [0.717, 1.165) is 5.39 Å². The third kappa shape index (κ3) is 4.72. The van der Waals surface area contributed by atoms with Gasteiger partial charge in [0.1, 0.15) is 6.61 Å². The topological polar surface area (TPSA) is 92.0 Å². The van der Waals surface area contributed by atoms with Crippen LogP contribution in [0.1, 0.15) is 20.9 Å². The van der Waals surface area contributed by atoms with Crippen molar-refractivity contribution in [3.05, 3.63) is 53.8 Å². The highest BCUT2D eigenvalue weighted by Crippen LogP contribution is 2.29. The Bertz CT molecular complexity index is 927. The fourth-order valence-corrected chi connectivity index (χ4v) is 2.33. The summed E-state index contributed by atoms with van der Waals surface area (Å²) in [5.41, 5.74) is 0.985. The number of hydrogen-bond donors (Lipinski definition) is 0. The van der Waals surface area contributed by atoms with Crippen LogP contribution in [0, 0.1) is 0 Å². The number of carbonyl (C=O) groups excluding carboxylic acids is 3. The number of hydrogen-bond acceptors (Lipinski definition) is 7. The lowest BCUT2D eigenvalue weighted by atomic mass is 10.2. The molecule has 3 rings (SSSR count). The lowest BCUT2D eigenvalue weighted by molar-refractivity contribution is -0.109. The number of benzene rings is 2. The molecular weight excluding hydrogens is 352 g/mol. The smallest absolute Gasteiger partial charge is 0.185 e. The maximum Gasteiger partial charge on any atom is 0.185 e. The number of fused-ring (bicyclic) bond motifs is 1. The molecule has 0 N–H and O–H groups in total. The van der Waals surface area contributed by atoms with E-state index in [1.54, 1.807) is 37.4 Å². The Morgan fingerprint density at radius 3 is 2.26 bits per heavy atom. The highest BCUT2D eigenvalue weighted by atomic mass is 16.5. The molecule has 7 heteroatoms. The standard InChI is InChI=1S/C10H10O4.C10H8O3/c1-13-9-4-2-3-8(7-12)10(9)14-6-5-11;1-12-9-4-2-3-7-5-8(6-11)13-10(7)9/h2-5,7H,6H2,1H3;2-6H,1H3. The van der Waals surface area contributed by atoms with Gasteiger partial charge >= 0.3 is 0 Å². The fraction of sp³-hybridized carbons (Fsp3) is 0.150. The van der Waals surface area contributed by atoms with Crippen LogP contribution in [0.25, 0.3) is 11.0 Å². The van der Waals surface area contributed by atoms with Crippen LogP contribution < -0.4 is 14.2 Å². The van der Waals surface area contributed by atoms with Gasteiger partial charge in [-0.3, -0.25) is 14.4 Å². The molecule has 1 aromatic heterocycles. The molecule has 0 saturated carbocycles. The number of methoxy groups -OCH3 is 2. The summed E-state index contributed by atoms with van der Waals surface area (Å²) in [7, 11) is 3.04. The van der Waals surface area contributed by atoms with Gasteiger partial charge in [0.15, 0.2) is 47.5 Å². The molecule has 27 heavy (non-hydrogen) atoms. The van der Waals surface area contributed by atoms with Crippen LogP contribution in [0.15, 0.2) is 46.9 Å². The zero-order valence-electron chi connectivity index (χ0n) is 14.8. The van der Waals surface area contributed by atoms with Gasteiger partial charge in [-0.05, 0) is 24.3 Å². The molecule has 0 fully saturated rings. The van der Waals surface area contributed by atoms with Gasteiger partial charge in [0, 0.05) is 5.39 Å². The molecule has 2 aromatic carbocycles. The highest BCUT2D eigenvalue weighted by molar-refractivity contribution is 5.88. The van der Waals surface area contributed by atoms with Gasteiger partial charge in [0.2, 0.25) is 0 Å². The van der Waals surface area contributed by atoms with Gasteiger partial charge in [-0.1, -0.05) is 18.2 Å². The zero-order valence-corrected chi connectivity index (χ0v) is 14.8. The van der Waals surface area contributed by atoms with E-state index in [0.29, 0.717) is 53.0 Å². The number of ether oxygens (including phenoxy) is 3. The molecule has 0 unspecified atom stereocenters. The Kier molecular flexibility index (Phi) is 7.13. The van der Waals surface area contributed by atoms with E-state index in [-0.39, 0.29) is 6.61 Å². The molecule has 3 aromatic rings. The molecule has 0 amide bonds. The van der Waals surface area contributed by atoms with Crippen LogP contribution in [-0.2, 0) is 4.79 Å². The van der Waals surface area contributed by atoms with Crippen LogP contribution in [-0.4, -0.2) is 39.7 Å². The Morgan fingerprint density at radius 1 is 0.926 bits per heavy atom. The lowest BCUT2D eigenvalue weighted by Gasteiger charge is -2.09. The number of rotatable bonds is 7. The monoisotopic (exact) mass is 370 g/mol. The fourth-order valence-electron chi connectivity index (χ4n) is 2.33. The van der Waals surface area contributed by atoms with Crippen molar-refractivity contribution in [2.75, 3.05) is 20.8 Å². The first-order valence-electron chi connectivity index (χ1n) is 7.88. The molecule has 0 saturated heterocycles. The third-order valence-corrected chi connectivity index (χ3v) is 3.52. The van der Waals surface area contributed by atoms with Gasteiger partial charge in [-0.15, -0.1) is 0 Å². The van der Waals surface area contributed by atoms with Crippen molar-refractivity contribution in [1.82, 2.24) is 0 Å². The summed E-state index contributed by atoms with van der Waals surface area (Å²) in [5.74, 6) is 1.71. The second-order valence-electron chi connectivity index (χ2n) is 5.12. The average molecular weight is 370 g/mol. The summed E-state index contributed by atoms with van der Waals surface area (Å²) in [5, 5.41) is 0.876. The quantitative estimate of drug-likeness (QED) is 0.589. The Morgan fingerprint density at radius 2 is 1.63 bits per heavy atom. The van der Waals surface area contributed by atoms with Gasteiger partial charge in [-0.25, -0.2) is 0 Å². The Balaban J connectivity index is 0.000000194. The molecule has 140 valence electrons. The Hall–Kier alpha value is -3.61. The molecular formula is C20H18O7. The minimum Gasteiger partial charge on any atom is -0.493 e. The minimum absolute atomic E-state index is 0.0960. The van der Waals surface area contributed by atoms with E-state index in [1.165, 1.54) is 7.11 Å². The first kappa shape index (κ1) is 19.7. The predicted octanol–water partition coefficient (Wildman–Crippen LogP) is 3.34. The molecule has 1 heterocycles. The van der Waals surface area contributed by atoms with Gasteiger partial charge in [0.05, 0.1) is 19.8 Å². The lowest BCUT2D eigenvalue weighted by Crippen LogP contribution is -2.02. The maximum atomic E-state index is 10.6. The highest BCUT2D eigenvalue weighted by Gasteiger charge is 2.09. The van der Waals surface area contributed by atoms with E-state index in [2.05, 4.69) is 0 Å². The van der Waals surface area contributed by atoms with E-state index in [1.807, 2.05) is 12.1 Å². The summed E-state index contributed by atoms with van der Waals surface area (Å²) >= 11 is 0. The largest absolute Gasteiger partial charge is 0.493 e. The second kappa shape index (κ2) is 9.76. The summed E-state index contributed by atoms with van der Waals surface area (Å²) < 4.78 is 20.4. The zero-order chi connectivity index (χ0) is 19.6.